The molecular formula is C71H121N9O3. The van der Waals surface area contributed by atoms with Crippen molar-refractivity contribution in [1.82, 2.24) is 14.7 Å². The van der Waals surface area contributed by atoms with Crippen LogP contribution in [0.3, 0.4) is 0 Å². The predicted octanol–water partition coefficient (Wildman–Crippen LogP) is 15.8. The normalized spacial score (nSPS) is 13.8. The van der Waals surface area contributed by atoms with Gasteiger partial charge in [0.15, 0.2) is 0 Å². The number of amidine groups is 3. The highest BCUT2D eigenvalue weighted by Crippen LogP contribution is 2.21. The molecule has 0 atom stereocenters. The van der Waals surface area contributed by atoms with E-state index >= 15 is 0 Å². The number of aliphatic imine (C=N–C) groups is 3. The molecule has 0 amide bonds. The summed E-state index contributed by atoms with van der Waals surface area (Å²) < 4.78 is 17.7. The molecule has 0 spiro atoms. The Kier molecular flexibility index (Phi) is 41.5. The van der Waals surface area contributed by atoms with Crippen LogP contribution in [0.15, 0.2) is 87.8 Å². The molecule has 0 fully saturated rings. The minimum absolute atomic E-state index is 0.665. The van der Waals surface area contributed by atoms with Crippen LogP contribution in [0.25, 0.3) is 0 Å². The summed E-state index contributed by atoms with van der Waals surface area (Å²) in [6.45, 7) is 19.4. The standard InChI is InChI=1S/C29H51N3O.C23H39N3O.C19H31N3O/c1-2-3-4-5-6-7-8-9-10-11-12-13-14-15-16-17-26-33-28-20-18-27(19-21-28)29-31-23-25-32(29)24-22-30;1-2-3-4-5-6-7-8-9-10-11-20-27-22-14-12-21(13-15-22)23-25-17-19-26(23)18-16-24;1-2-3-4-5-6-7-16-23-18-10-8-17(9-11-18)19-21-13-15-22(19)14-12-20/h18-21H,2-17,22-26,30H2,1H3;12-15H,2-11,16-20,24H2,1H3;8-11H,2-7,12-16,20H2,1H3. The van der Waals surface area contributed by atoms with Crippen molar-refractivity contribution in [3.63, 3.8) is 0 Å². The fourth-order valence-corrected chi connectivity index (χ4v) is 11.2. The molecule has 3 aromatic carbocycles. The fraction of sp³-hybridized carbons (Fsp3) is 0.704. The Labute approximate surface area is 507 Å². The minimum atomic E-state index is 0.665. The van der Waals surface area contributed by atoms with E-state index < -0.39 is 0 Å². The summed E-state index contributed by atoms with van der Waals surface area (Å²) >= 11 is 0. The third kappa shape index (κ3) is 31.9. The van der Waals surface area contributed by atoms with E-state index in [1.165, 1.54) is 186 Å². The lowest BCUT2D eigenvalue weighted by Gasteiger charge is -2.19. The van der Waals surface area contributed by atoms with Crippen LogP contribution in [0.2, 0.25) is 0 Å². The van der Waals surface area contributed by atoms with Crippen LogP contribution >= 0.6 is 0 Å². The number of hydrogen-bond acceptors (Lipinski definition) is 12. The van der Waals surface area contributed by atoms with Crippen molar-refractivity contribution < 1.29 is 14.2 Å². The van der Waals surface area contributed by atoms with E-state index in [-0.39, 0.29) is 0 Å². The molecule has 0 aromatic heterocycles. The highest BCUT2D eigenvalue weighted by Gasteiger charge is 2.20. The third-order valence-electron chi connectivity index (χ3n) is 16.1. The van der Waals surface area contributed by atoms with Crippen molar-refractivity contribution >= 4 is 17.5 Å². The van der Waals surface area contributed by atoms with Crippen molar-refractivity contribution in [3.05, 3.63) is 89.5 Å². The second-order valence-electron chi connectivity index (χ2n) is 23.3. The summed E-state index contributed by atoms with van der Waals surface area (Å²) in [6.07, 6.45) is 43.6. The lowest BCUT2D eigenvalue weighted by Crippen LogP contribution is -2.33. The van der Waals surface area contributed by atoms with Gasteiger partial charge >= 0.3 is 0 Å². The molecule has 3 aliphatic rings. The van der Waals surface area contributed by atoms with E-state index in [9.17, 15) is 0 Å². The zero-order valence-corrected chi connectivity index (χ0v) is 53.3. The van der Waals surface area contributed by atoms with Gasteiger partial charge in [0.05, 0.1) is 39.5 Å². The maximum Gasteiger partial charge on any atom is 0.131 e. The second-order valence-corrected chi connectivity index (χ2v) is 23.3. The molecule has 0 bridgehead atoms. The molecule has 0 radical (unpaired) electrons. The fourth-order valence-electron chi connectivity index (χ4n) is 11.2. The zero-order valence-electron chi connectivity index (χ0n) is 53.3. The van der Waals surface area contributed by atoms with Crippen molar-refractivity contribution in [1.29, 1.82) is 0 Å². The van der Waals surface area contributed by atoms with Gasteiger partial charge < -0.3 is 46.1 Å². The summed E-state index contributed by atoms with van der Waals surface area (Å²) in [5.41, 5.74) is 20.5. The predicted molar refractivity (Wildman–Crippen MR) is 357 cm³/mol. The molecule has 3 aliphatic heterocycles. The molecule has 6 rings (SSSR count). The van der Waals surface area contributed by atoms with Gasteiger partial charge in [0.2, 0.25) is 0 Å². The SMILES string of the molecule is CCCCCCCCCCCCCCCCCCOc1ccc(C2=NCCN2CCN)cc1.CCCCCCCCCCCCOc1ccc(C2=NCCN2CCN)cc1.CCCCCCCCOc1ccc(C2=NCCN2CCN)cc1. The van der Waals surface area contributed by atoms with Crippen LogP contribution in [-0.2, 0) is 0 Å². The summed E-state index contributed by atoms with van der Waals surface area (Å²) in [4.78, 5) is 20.6. The molecule has 3 aromatic rings. The number of nitrogens with two attached hydrogens (primary N) is 3. The number of benzene rings is 3. The van der Waals surface area contributed by atoms with Gasteiger partial charge in [-0.1, -0.05) is 207 Å². The maximum atomic E-state index is 5.94. The van der Waals surface area contributed by atoms with Crippen molar-refractivity contribution in [2.75, 3.05) is 98.4 Å². The van der Waals surface area contributed by atoms with Gasteiger partial charge in [0.1, 0.15) is 34.8 Å². The Bertz CT molecular complexity index is 2080. The molecular weight excluding hydrogens is 1030 g/mol. The van der Waals surface area contributed by atoms with Crippen molar-refractivity contribution in [2.45, 2.75) is 226 Å². The molecule has 0 saturated carbocycles. The summed E-state index contributed by atoms with van der Waals surface area (Å²) in [7, 11) is 0. The quantitative estimate of drug-likeness (QED) is 0.0469. The van der Waals surface area contributed by atoms with Crippen LogP contribution in [0, 0.1) is 0 Å². The van der Waals surface area contributed by atoms with E-state index in [0.717, 1.165) is 149 Å². The molecule has 3 heterocycles. The average molecular weight is 1150 g/mol. The molecule has 468 valence electrons. The van der Waals surface area contributed by atoms with Crippen molar-refractivity contribution in [2.24, 2.45) is 32.2 Å². The highest BCUT2D eigenvalue weighted by atomic mass is 16.5. The first kappa shape index (κ1) is 70.8. The van der Waals surface area contributed by atoms with E-state index in [0.29, 0.717) is 19.6 Å². The molecule has 12 heteroatoms. The Morgan fingerprint density at radius 1 is 0.301 bits per heavy atom. The monoisotopic (exact) mass is 1150 g/mol. The van der Waals surface area contributed by atoms with Gasteiger partial charge in [0.25, 0.3) is 0 Å². The minimum Gasteiger partial charge on any atom is -0.494 e. The first-order valence-corrected chi connectivity index (χ1v) is 34.2. The topological polar surface area (TPSA) is 153 Å². The Morgan fingerprint density at radius 3 is 0.711 bits per heavy atom. The van der Waals surface area contributed by atoms with Crippen molar-refractivity contribution in [3.8, 4) is 17.2 Å². The average Bonchev–Trinajstić information content (AvgIpc) is 4.33. The Balaban J connectivity index is 0.000000272. The van der Waals surface area contributed by atoms with Gasteiger partial charge in [-0.05, 0) is 92.1 Å². The molecule has 83 heavy (non-hydrogen) atoms. The smallest absolute Gasteiger partial charge is 0.131 e. The van der Waals surface area contributed by atoms with Gasteiger partial charge in [-0.15, -0.1) is 0 Å². The van der Waals surface area contributed by atoms with Gasteiger partial charge in [-0.2, -0.15) is 0 Å². The first-order chi connectivity index (χ1) is 41.0. The zero-order chi connectivity index (χ0) is 58.9. The molecule has 0 aliphatic carbocycles. The highest BCUT2D eigenvalue weighted by molar-refractivity contribution is 6.01. The molecule has 12 nitrogen and oxygen atoms in total. The number of unbranched alkanes of at least 4 members (excludes halogenated alkanes) is 29. The van der Waals surface area contributed by atoms with Crippen LogP contribution in [-0.4, -0.2) is 131 Å². The van der Waals surface area contributed by atoms with E-state index in [1.54, 1.807) is 0 Å². The summed E-state index contributed by atoms with van der Waals surface area (Å²) in [5, 5.41) is 0. The number of hydrogen-bond donors (Lipinski definition) is 3. The van der Waals surface area contributed by atoms with Crippen LogP contribution in [0.5, 0.6) is 17.2 Å². The van der Waals surface area contributed by atoms with Gasteiger partial charge in [0, 0.05) is 75.6 Å². The maximum absolute atomic E-state index is 5.94. The van der Waals surface area contributed by atoms with Crippen LogP contribution < -0.4 is 31.4 Å². The lowest BCUT2D eigenvalue weighted by molar-refractivity contribution is 0.304. The Hall–Kier alpha value is -4.65. The second kappa shape index (κ2) is 48.6. The largest absolute Gasteiger partial charge is 0.494 e. The van der Waals surface area contributed by atoms with E-state index in [4.69, 9.17) is 31.4 Å². The first-order valence-electron chi connectivity index (χ1n) is 34.2. The summed E-state index contributed by atoms with van der Waals surface area (Å²) in [5.74, 6) is 6.08. The lowest BCUT2D eigenvalue weighted by atomic mass is 10.0. The number of nitrogens with zero attached hydrogens (tertiary/aromatic N) is 6. The van der Waals surface area contributed by atoms with Crippen LogP contribution in [0.1, 0.15) is 243 Å². The molecule has 0 unspecified atom stereocenters. The molecule has 6 N–H and O–H groups in total. The van der Waals surface area contributed by atoms with Gasteiger partial charge in [-0.25, -0.2) is 0 Å². The number of ether oxygens (including phenoxy) is 3. The molecule has 0 saturated heterocycles. The third-order valence-corrected chi connectivity index (χ3v) is 16.1. The Morgan fingerprint density at radius 2 is 0.506 bits per heavy atom. The summed E-state index contributed by atoms with van der Waals surface area (Å²) in [6, 6.07) is 25.0. The van der Waals surface area contributed by atoms with E-state index in [1.807, 2.05) is 12.1 Å². The van der Waals surface area contributed by atoms with E-state index in [2.05, 4.69) is 111 Å². The van der Waals surface area contributed by atoms with Crippen LogP contribution in [0.4, 0.5) is 0 Å². The number of rotatable bonds is 47. The van der Waals surface area contributed by atoms with Gasteiger partial charge in [-0.3, -0.25) is 15.0 Å².